The predicted molar refractivity (Wildman–Crippen MR) is 55.7 cm³/mol. The van der Waals surface area contributed by atoms with Crippen molar-refractivity contribution < 1.29 is 19.5 Å². The van der Waals surface area contributed by atoms with Crippen molar-refractivity contribution in [3.8, 4) is 0 Å². The van der Waals surface area contributed by atoms with Gasteiger partial charge >= 0.3 is 5.97 Å². The van der Waals surface area contributed by atoms with Gasteiger partial charge < -0.3 is 14.9 Å². The quantitative estimate of drug-likeness (QED) is 0.646. The first-order chi connectivity index (χ1) is 7.50. The van der Waals surface area contributed by atoms with Crippen molar-refractivity contribution in [3.63, 3.8) is 0 Å². The summed E-state index contributed by atoms with van der Waals surface area (Å²) < 4.78 is 0. The largest absolute Gasteiger partial charge is 0.481 e. The maximum absolute atomic E-state index is 11.5. The average Bonchev–Trinajstić information content (AvgIpc) is 2.19. The van der Waals surface area contributed by atoms with Gasteiger partial charge in [-0.1, -0.05) is 0 Å². The minimum absolute atomic E-state index is 0.0714. The first-order valence-electron chi connectivity index (χ1n) is 5.24. The maximum atomic E-state index is 11.5. The van der Waals surface area contributed by atoms with Gasteiger partial charge in [-0.3, -0.25) is 14.4 Å². The summed E-state index contributed by atoms with van der Waals surface area (Å²) in [7, 11) is 1.60. The van der Waals surface area contributed by atoms with Crippen LogP contribution in [0.15, 0.2) is 0 Å². The Kier molecular flexibility index (Phi) is 4.28. The molecular weight excluding hydrogens is 212 g/mol. The van der Waals surface area contributed by atoms with E-state index in [-0.39, 0.29) is 31.3 Å². The molecule has 0 aliphatic carbocycles. The Balaban J connectivity index is 2.29. The molecule has 1 heterocycles. The van der Waals surface area contributed by atoms with Crippen molar-refractivity contribution >= 4 is 17.8 Å². The topological polar surface area (TPSA) is 77.9 Å². The second-order valence-electron chi connectivity index (χ2n) is 3.92. The number of carboxylic acids is 1. The van der Waals surface area contributed by atoms with Crippen LogP contribution in [0, 0.1) is 0 Å². The van der Waals surface area contributed by atoms with Gasteiger partial charge in [0.2, 0.25) is 11.8 Å². The van der Waals surface area contributed by atoms with Gasteiger partial charge in [-0.25, -0.2) is 0 Å². The minimum Gasteiger partial charge on any atom is -0.481 e. The fourth-order valence-corrected chi connectivity index (χ4v) is 1.55. The first kappa shape index (κ1) is 12.5. The van der Waals surface area contributed by atoms with E-state index in [2.05, 4.69) is 0 Å². The second-order valence-corrected chi connectivity index (χ2v) is 3.92. The maximum Gasteiger partial charge on any atom is 0.303 e. The fourth-order valence-electron chi connectivity index (χ4n) is 1.55. The number of piperazine rings is 1. The first-order valence-corrected chi connectivity index (χ1v) is 5.24. The Morgan fingerprint density at radius 3 is 2.56 bits per heavy atom. The molecule has 0 unspecified atom stereocenters. The summed E-state index contributed by atoms with van der Waals surface area (Å²) in [5, 5.41) is 8.44. The van der Waals surface area contributed by atoms with E-state index in [1.807, 2.05) is 0 Å². The van der Waals surface area contributed by atoms with E-state index < -0.39 is 5.97 Å². The van der Waals surface area contributed by atoms with Crippen LogP contribution in [0.25, 0.3) is 0 Å². The third-order valence-corrected chi connectivity index (χ3v) is 2.55. The molecule has 0 aromatic heterocycles. The van der Waals surface area contributed by atoms with Crippen molar-refractivity contribution in [2.45, 2.75) is 19.3 Å². The van der Waals surface area contributed by atoms with E-state index in [9.17, 15) is 14.4 Å². The summed E-state index contributed by atoms with van der Waals surface area (Å²) >= 11 is 0. The zero-order valence-electron chi connectivity index (χ0n) is 9.31. The Hall–Kier alpha value is -1.59. The highest BCUT2D eigenvalue weighted by molar-refractivity contribution is 5.92. The molecule has 1 fully saturated rings. The number of unbranched alkanes of at least 4 members (excludes halogenated alkanes) is 1. The number of hydrogen-bond donors (Lipinski definition) is 1. The molecule has 1 saturated heterocycles. The standard InChI is InChI=1S/C10H16N2O4/c1-11-6-9(14)12(7-8(11)13)5-3-2-4-10(15)16/h2-7H2,1H3,(H,15,16). The molecule has 0 aromatic rings. The highest BCUT2D eigenvalue weighted by Crippen LogP contribution is 2.05. The molecule has 90 valence electrons. The predicted octanol–water partition coefficient (Wildman–Crippen LogP) is -0.458. The summed E-state index contributed by atoms with van der Waals surface area (Å²) in [6.07, 6.45) is 1.26. The highest BCUT2D eigenvalue weighted by Gasteiger charge is 2.26. The lowest BCUT2D eigenvalue weighted by atomic mass is 10.2. The van der Waals surface area contributed by atoms with Crippen LogP contribution in [0.3, 0.4) is 0 Å². The van der Waals surface area contributed by atoms with Gasteiger partial charge in [-0.15, -0.1) is 0 Å². The molecule has 0 saturated carbocycles. The van der Waals surface area contributed by atoms with Crippen LogP contribution in [-0.2, 0) is 14.4 Å². The van der Waals surface area contributed by atoms with Crippen molar-refractivity contribution in [3.05, 3.63) is 0 Å². The zero-order chi connectivity index (χ0) is 12.1. The smallest absolute Gasteiger partial charge is 0.303 e. The van der Waals surface area contributed by atoms with Crippen LogP contribution in [-0.4, -0.2) is 59.4 Å². The number of aliphatic carboxylic acids is 1. The fraction of sp³-hybridized carbons (Fsp3) is 0.700. The van der Waals surface area contributed by atoms with Crippen LogP contribution in [0.1, 0.15) is 19.3 Å². The molecule has 6 heteroatoms. The molecule has 1 aliphatic rings. The lowest BCUT2D eigenvalue weighted by Crippen LogP contribution is -2.52. The number of amides is 2. The molecule has 6 nitrogen and oxygen atoms in total. The number of carbonyl (C=O) groups is 3. The van der Waals surface area contributed by atoms with Crippen LogP contribution >= 0.6 is 0 Å². The molecule has 0 spiro atoms. The number of carbonyl (C=O) groups excluding carboxylic acids is 2. The van der Waals surface area contributed by atoms with Gasteiger partial charge in [0.25, 0.3) is 0 Å². The molecule has 16 heavy (non-hydrogen) atoms. The molecular formula is C10H16N2O4. The third-order valence-electron chi connectivity index (χ3n) is 2.55. The Bertz CT molecular complexity index is 303. The van der Waals surface area contributed by atoms with E-state index in [1.54, 1.807) is 7.05 Å². The minimum atomic E-state index is -0.833. The van der Waals surface area contributed by atoms with Gasteiger partial charge in [-0.05, 0) is 12.8 Å². The van der Waals surface area contributed by atoms with Crippen molar-refractivity contribution in [1.82, 2.24) is 9.80 Å². The van der Waals surface area contributed by atoms with Crippen LogP contribution in [0.5, 0.6) is 0 Å². The van der Waals surface area contributed by atoms with Gasteiger partial charge in [0.15, 0.2) is 0 Å². The normalized spacial score (nSPS) is 16.8. The number of nitrogens with zero attached hydrogens (tertiary/aromatic N) is 2. The monoisotopic (exact) mass is 228 g/mol. The number of hydrogen-bond acceptors (Lipinski definition) is 3. The van der Waals surface area contributed by atoms with Crippen LogP contribution in [0.4, 0.5) is 0 Å². The van der Waals surface area contributed by atoms with Gasteiger partial charge in [0.1, 0.15) is 0 Å². The average molecular weight is 228 g/mol. The molecule has 0 aromatic carbocycles. The van der Waals surface area contributed by atoms with Crippen molar-refractivity contribution in [2.24, 2.45) is 0 Å². The molecule has 0 atom stereocenters. The number of rotatable bonds is 5. The summed E-state index contributed by atoms with van der Waals surface area (Å²) in [5.74, 6) is -0.976. The Labute approximate surface area is 93.8 Å². The SMILES string of the molecule is CN1CC(=O)N(CCCCC(=O)O)CC1=O. The van der Waals surface area contributed by atoms with E-state index in [1.165, 1.54) is 9.80 Å². The van der Waals surface area contributed by atoms with E-state index in [0.29, 0.717) is 19.4 Å². The zero-order valence-corrected chi connectivity index (χ0v) is 9.31. The highest BCUT2D eigenvalue weighted by atomic mass is 16.4. The van der Waals surface area contributed by atoms with Crippen molar-refractivity contribution in [1.29, 1.82) is 0 Å². The third kappa shape index (κ3) is 3.52. The molecule has 1 rings (SSSR count). The van der Waals surface area contributed by atoms with Crippen molar-refractivity contribution in [2.75, 3.05) is 26.7 Å². The number of carboxylic acid groups (broad SMARTS) is 1. The van der Waals surface area contributed by atoms with Crippen LogP contribution < -0.4 is 0 Å². The van der Waals surface area contributed by atoms with E-state index in [0.717, 1.165) is 0 Å². The van der Waals surface area contributed by atoms with Gasteiger partial charge in [0.05, 0.1) is 13.1 Å². The van der Waals surface area contributed by atoms with Gasteiger partial charge in [-0.2, -0.15) is 0 Å². The molecule has 1 N–H and O–H groups in total. The summed E-state index contributed by atoms with van der Waals surface area (Å²) in [5.41, 5.74) is 0. The summed E-state index contributed by atoms with van der Waals surface area (Å²) in [4.78, 5) is 36.0. The number of likely N-dealkylation sites (N-methyl/N-ethyl adjacent to an activating group) is 1. The molecule has 2 amide bonds. The molecule has 1 aliphatic heterocycles. The Morgan fingerprint density at radius 2 is 1.94 bits per heavy atom. The summed E-state index contributed by atoms with van der Waals surface area (Å²) in [6, 6.07) is 0. The lowest BCUT2D eigenvalue weighted by Gasteiger charge is -2.31. The van der Waals surface area contributed by atoms with E-state index >= 15 is 0 Å². The van der Waals surface area contributed by atoms with E-state index in [4.69, 9.17) is 5.11 Å². The molecule has 0 radical (unpaired) electrons. The van der Waals surface area contributed by atoms with Gasteiger partial charge in [0, 0.05) is 20.0 Å². The van der Waals surface area contributed by atoms with Crippen LogP contribution in [0.2, 0.25) is 0 Å². The lowest BCUT2D eigenvalue weighted by molar-refractivity contribution is -0.148. The summed E-state index contributed by atoms with van der Waals surface area (Å²) in [6.45, 7) is 0.700. The molecule has 0 bridgehead atoms. The second kappa shape index (κ2) is 5.48. The Morgan fingerprint density at radius 1 is 1.25 bits per heavy atom.